The number of phenols is 1. The summed E-state index contributed by atoms with van der Waals surface area (Å²) in [5, 5.41) is 9.41. The maximum Gasteiger partial charge on any atom is 0.116 e. The Morgan fingerprint density at radius 2 is 1.93 bits per heavy atom. The second kappa shape index (κ2) is 4.96. The molecule has 0 radical (unpaired) electrons. The van der Waals surface area contributed by atoms with Gasteiger partial charge in [0.1, 0.15) is 5.75 Å². The molecular formula is C13H17NO. The van der Waals surface area contributed by atoms with Gasteiger partial charge in [0.05, 0.1) is 0 Å². The van der Waals surface area contributed by atoms with Crippen LogP contribution < -0.4 is 0 Å². The lowest BCUT2D eigenvalue weighted by molar-refractivity contribution is 0.475. The molecule has 0 aromatic heterocycles. The summed E-state index contributed by atoms with van der Waals surface area (Å²) in [5.74, 6) is 0.331. The Balaban J connectivity index is 2.20. The first-order valence-electron chi connectivity index (χ1n) is 5.69. The van der Waals surface area contributed by atoms with Gasteiger partial charge in [0, 0.05) is 12.3 Å². The molecule has 2 heteroatoms. The normalized spacial score (nSPS) is 17.7. The number of aliphatic imine (C=N–C) groups is 1. The van der Waals surface area contributed by atoms with Gasteiger partial charge in [-0.3, -0.25) is 4.99 Å². The average Bonchev–Trinajstić information content (AvgIpc) is 2.16. The molecule has 1 aliphatic heterocycles. The van der Waals surface area contributed by atoms with Crippen LogP contribution in [0.1, 0.15) is 37.7 Å². The van der Waals surface area contributed by atoms with Crippen LogP contribution >= 0.6 is 0 Å². The van der Waals surface area contributed by atoms with E-state index in [-0.39, 0.29) is 0 Å². The van der Waals surface area contributed by atoms with Crippen molar-refractivity contribution in [3.63, 3.8) is 0 Å². The van der Waals surface area contributed by atoms with E-state index in [0.29, 0.717) is 5.75 Å². The zero-order valence-corrected chi connectivity index (χ0v) is 8.95. The third-order valence-electron chi connectivity index (χ3n) is 2.80. The van der Waals surface area contributed by atoms with Crippen molar-refractivity contribution >= 4 is 5.71 Å². The molecule has 1 aromatic rings. The van der Waals surface area contributed by atoms with Gasteiger partial charge in [0.15, 0.2) is 0 Å². The molecule has 2 rings (SSSR count). The number of hydrogen-bond donors (Lipinski definition) is 1. The van der Waals surface area contributed by atoms with Gasteiger partial charge < -0.3 is 5.11 Å². The lowest BCUT2D eigenvalue weighted by Crippen LogP contribution is -2.04. The van der Waals surface area contributed by atoms with Crippen molar-refractivity contribution in [3.05, 3.63) is 29.8 Å². The summed E-state index contributed by atoms with van der Waals surface area (Å²) < 4.78 is 0. The van der Waals surface area contributed by atoms with Crippen LogP contribution in [0.4, 0.5) is 0 Å². The Labute approximate surface area is 90.7 Å². The Morgan fingerprint density at radius 3 is 2.80 bits per heavy atom. The van der Waals surface area contributed by atoms with E-state index in [1.54, 1.807) is 12.1 Å². The molecular weight excluding hydrogens is 186 g/mol. The van der Waals surface area contributed by atoms with Crippen molar-refractivity contribution in [2.75, 3.05) is 6.54 Å². The highest BCUT2D eigenvalue weighted by Gasteiger charge is 2.06. The second-order valence-electron chi connectivity index (χ2n) is 4.04. The van der Waals surface area contributed by atoms with Crippen LogP contribution in [0.15, 0.2) is 29.3 Å². The van der Waals surface area contributed by atoms with Gasteiger partial charge >= 0.3 is 0 Å². The van der Waals surface area contributed by atoms with Crippen molar-refractivity contribution in [1.29, 1.82) is 0 Å². The van der Waals surface area contributed by atoms with E-state index in [2.05, 4.69) is 4.99 Å². The Hall–Kier alpha value is -1.31. The molecule has 2 nitrogen and oxygen atoms in total. The standard InChI is InChI=1S/C13H17NO/c15-12-7-5-6-11(10-12)13-8-3-1-2-4-9-14-13/h5-7,10,15H,1-4,8-9H2. The Bertz CT molecular complexity index is 357. The number of benzene rings is 1. The van der Waals surface area contributed by atoms with Gasteiger partial charge in [-0.05, 0) is 37.0 Å². The van der Waals surface area contributed by atoms with E-state index in [9.17, 15) is 5.11 Å². The number of hydrogen-bond acceptors (Lipinski definition) is 2. The summed E-state index contributed by atoms with van der Waals surface area (Å²) in [7, 11) is 0. The number of aromatic hydroxyl groups is 1. The second-order valence-corrected chi connectivity index (χ2v) is 4.04. The molecule has 0 fully saturated rings. The van der Waals surface area contributed by atoms with Crippen molar-refractivity contribution in [2.45, 2.75) is 32.1 Å². The first kappa shape index (κ1) is 10.2. The summed E-state index contributed by atoms with van der Waals surface area (Å²) in [4.78, 5) is 4.60. The van der Waals surface area contributed by atoms with Crippen LogP contribution in [0, 0.1) is 0 Å². The quantitative estimate of drug-likeness (QED) is 0.747. The predicted molar refractivity (Wildman–Crippen MR) is 62.6 cm³/mol. The maximum absolute atomic E-state index is 9.41. The first-order valence-corrected chi connectivity index (χ1v) is 5.69. The van der Waals surface area contributed by atoms with Crippen LogP contribution in [0.5, 0.6) is 5.75 Å². The maximum atomic E-state index is 9.41. The fraction of sp³-hybridized carbons (Fsp3) is 0.462. The Kier molecular flexibility index (Phi) is 3.38. The molecule has 0 bridgehead atoms. The van der Waals surface area contributed by atoms with E-state index in [1.807, 2.05) is 12.1 Å². The molecule has 1 aromatic carbocycles. The summed E-state index contributed by atoms with van der Waals surface area (Å²) in [6, 6.07) is 7.42. The lowest BCUT2D eigenvalue weighted by atomic mass is 10.0. The van der Waals surface area contributed by atoms with Crippen molar-refractivity contribution in [3.8, 4) is 5.75 Å². The minimum atomic E-state index is 0.331. The SMILES string of the molecule is Oc1cccc(C2=NCCCCCC2)c1. The molecule has 0 atom stereocenters. The molecule has 15 heavy (non-hydrogen) atoms. The van der Waals surface area contributed by atoms with Gasteiger partial charge in [0.2, 0.25) is 0 Å². The van der Waals surface area contributed by atoms with Crippen LogP contribution in [0.25, 0.3) is 0 Å². The third kappa shape index (κ3) is 2.82. The summed E-state index contributed by atoms with van der Waals surface area (Å²) >= 11 is 0. The minimum absolute atomic E-state index is 0.331. The smallest absolute Gasteiger partial charge is 0.116 e. The lowest BCUT2D eigenvalue weighted by Gasteiger charge is -2.10. The third-order valence-corrected chi connectivity index (χ3v) is 2.80. The molecule has 1 aliphatic rings. The molecule has 0 spiro atoms. The van der Waals surface area contributed by atoms with E-state index in [0.717, 1.165) is 24.2 Å². The van der Waals surface area contributed by atoms with E-state index in [4.69, 9.17) is 0 Å². The fourth-order valence-corrected chi connectivity index (χ4v) is 1.97. The van der Waals surface area contributed by atoms with Crippen molar-refractivity contribution in [2.24, 2.45) is 4.99 Å². The molecule has 0 amide bonds. The zero-order chi connectivity index (χ0) is 10.5. The Morgan fingerprint density at radius 1 is 1.07 bits per heavy atom. The zero-order valence-electron chi connectivity index (χ0n) is 8.95. The molecule has 1 N–H and O–H groups in total. The number of nitrogens with zero attached hydrogens (tertiary/aromatic N) is 1. The van der Waals surface area contributed by atoms with Gasteiger partial charge in [0.25, 0.3) is 0 Å². The highest BCUT2D eigenvalue weighted by molar-refractivity contribution is 6.00. The van der Waals surface area contributed by atoms with Gasteiger partial charge in [-0.1, -0.05) is 25.0 Å². The minimum Gasteiger partial charge on any atom is -0.508 e. The van der Waals surface area contributed by atoms with Crippen LogP contribution in [-0.2, 0) is 0 Å². The average molecular weight is 203 g/mol. The van der Waals surface area contributed by atoms with Crippen LogP contribution in [0.2, 0.25) is 0 Å². The van der Waals surface area contributed by atoms with Crippen molar-refractivity contribution < 1.29 is 5.11 Å². The van der Waals surface area contributed by atoms with Crippen LogP contribution in [0.3, 0.4) is 0 Å². The highest BCUT2D eigenvalue weighted by Crippen LogP contribution is 2.17. The first-order chi connectivity index (χ1) is 7.36. The topological polar surface area (TPSA) is 32.6 Å². The summed E-state index contributed by atoms with van der Waals surface area (Å²) in [6.07, 6.45) is 6.06. The van der Waals surface area contributed by atoms with Crippen LogP contribution in [-0.4, -0.2) is 17.4 Å². The number of phenolic OH excluding ortho intramolecular Hbond substituents is 1. The van der Waals surface area contributed by atoms with E-state index in [1.165, 1.54) is 25.7 Å². The fourth-order valence-electron chi connectivity index (χ4n) is 1.97. The monoisotopic (exact) mass is 203 g/mol. The molecule has 0 saturated heterocycles. The summed E-state index contributed by atoms with van der Waals surface area (Å²) in [5.41, 5.74) is 2.24. The number of rotatable bonds is 1. The molecule has 0 aliphatic carbocycles. The largest absolute Gasteiger partial charge is 0.508 e. The molecule has 0 saturated carbocycles. The summed E-state index contributed by atoms with van der Waals surface area (Å²) in [6.45, 7) is 0.936. The van der Waals surface area contributed by atoms with Gasteiger partial charge in [-0.25, -0.2) is 0 Å². The molecule has 1 heterocycles. The molecule has 0 unspecified atom stereocenters. The van der Waals surface area contributed by atoms with Gasteiger partial charge in [-0.2, -0.15) is 0 Å². The highest BCUT2D eigenvalue weighted by atomic mass is 16.3. The van der Waals surface area contributed by atoms with E-state index >= 15 is 0 Å². The van der Waals surface area contributed by atoms with E-state index < -0.39 is 0 Å². The molecule has 80 valence electrons. The van der Waals surface area contributed by atoms with Crippen molar-refractivity contribution in [1.82, 2.24) is 0 Å². The van der Waals surface area contributed by atoms with Gasteiger partial charge in [-0.15, -0.1) is 0 Å². The predicted octanol–water partition coefficient (Wildman–Crippen LogP) is 3.15.